The summed E-state index contributed by atoms with van der Waals surface area (Å²) >= 11 is 0. The van der Waals surface area contributed by atoms with Crippen LogP contribution in [0.1, 0.15) is 30.0 Å². The normalized spacial score (nSPS) is 20.7. The minimum Gasteiger partial charge on any atom is -0.345 e. The Morgan fingerprint density at radius 1 is 0.972 bits per heavy atom. The van der Waals surface area contributed by atoms with E-state index in [1.54, 1.807) is 18.2 Å². The average molecular weight is 505 g/mol. The lowest BCUT2D eigenvalue weighted by Gasteiger charge is -2.48. The highest BCUT2D eigenvalue weighted by Gasteiger charge is 2.56. The summed E-state index contributed by atoms with van der Waals surface area (Å²) in [6.07, 6.45) is -5.07. The number of anilines is 1. The molecule has 1 saturated heterocycles. The minimum absolute atomic E-state index is 0.00126. The van der Waals surface area contributed by atoms with Crippen molar-refractivity contribution in [2.45, 2.75) is 31.4 Å². The number of amides is 1. The Kier molecular flexibility index (Phi) is 4.76. The van der Waals surface area contributed by atoms with Gasteiger partial charge < -0.3 is 9.88 Å². The lowest BCUT2D eigenvalue weighted by atomic mass is 9.76. The number of H-pyrrole nitrogens is 1. The molecule has 1 saturated carbocycles. The molecule has 2 aromatic heterocycles. The van der Waals surface area contributed by atoms with E-state index < -0.39 is 30.0 Å². The van der Waals surface area contributed by atoms with Gasteiger partial charge in [0, 0.05) is 17.4 Å². The van der Waals surface area contributed by atoms with Crippen LogP contribution in [0.5, 0.6) is 0 Å². The maximum Gasteiger partial charge on any atom is 0.504 e. The summed E-state index contributed by atoms with van der Waals surface area (Å²) in [6.45, 7) is 0. The highest BCUT2D eigenvalue weighted by atomic mass is 19.4. The molecule has 2 atom stereocenters. The Morgan fingerprint density at radius 3 is 2.42 bits per heavy atom. The Balaban J connectivity index is 1.45. The molecule has 6 nitrogen and oxygen atoms in total. The summed E-state index contributed by atoms with van der Waals surface area (Å²) in [6, 6.07) is 7.58. The Bertz CT molecular complexity index is 1480. The van der Waals surface area contributed by atoms with Gasteiger partial charge in [-0.15, -0.1) is 13.2 Å². The molecule has 1 aliphatic heterocycles. The molecule has 36 heavy (non-hydrogen) atoms. The fourth-order valence-corrected chi connectivity index (χ4v) is 4.97. The predicted molar refractivity (Wildman–Crippen MR) is 116 cm³/mol. The zero-order valence-corrected chi connectivity index (χ0v) is 18.3. The van der Waals surface area contributed by atoms with Crippen LogP contribution in [0, 0.1) is 11.8 Å². The van der Waals surface area contributed by atoms with Gasteiger partial charge >= 0.3 is 12.5 Å². The number of nitrogens with zero attached hydrogens (tertiary/aromatic N) is 4. The molecule has 6 rings (SSSR count). The number of alkyl halides is 6. The first-order valence-electron chi connectivity index (χ1n) is 11.1. The number of hydrogen-bond donors (Lipinski definition) is 1. The zero-order valence-electron chi connectivity index (χ0n) is 18.3. The predicted octanol–water partition coefficient (Wildman–Crippen LogP) is 6.04. The van der Waals surface area contributed by atoms with Crippen LogP contribution in [0.4, 0.5) is 32.0 Å². The summed E-state index contributed by atoms with van der Waals surface area (Å²) in [5.41, 5.74) is 0.490. The van der Waals surface area contributed by atoms with Gasteiger partial charge in [-0.1, -0.05) is 12.1 Å². The molecule has 2 aromatic carbocycles. The molecule has 186 valence electrons. The van der Waals surface area contributed by atoms with E-state index in [2.05, 4.69) is 15.1 Å². The molecule has 0 spiro atoms. The van der Waals surface area contributed by atoms with Crippen molar-refractivity contribution in [1.29, 1.82) is 0 Å². The molecular formula is C24H17F6N5O. The highest BCUT2D eigenvalue weighted by molar-refractivity contribution is 6.04. The number of hydrogen-bond acceptors (Lipinski definition) is 3. The number of rotatable bonds is 4. The summed E-state index contributed by atoms with van der Waals surface area (Å²) < 4.78 is 81.4. The molecule has 1 aliphatic carbocycles. The summed E-state index contributed by atoms with van der Waals surface area (Å²) in [7, 11) is 0. The van der Waals surface area contributed by atoms with Crippen molar-refractivity contribution < 1.29 is 31.1 Å². The van der Waals surface area contributed by atoms with Crippen LogP contribution < -0.4 is 4.90 Å². The van der Waals surface area contributed by atoms with Gasteiger partial charge in [-0.25, -0.2) is 4.98 Å². The maximum atomic E-state index is 14.3. The number of carbonyl (C=O) groups is 1. The van der Waals surface area contributed by atoms with Gasteiger partial charge in [0.25, 0.3) is 0 Å². The molecule has 2 fully saturated rings. The number of nitrogens with one attached hydrogen (secondary N) is 1. The fraction of sp³-hybridized carbons (Fsp3) is 0.292. The smallest absolute Gasteiger partial charge is 0.345 e. The largest absolute Gasteiger partial charge is 0.504 e. The molecule has 12 heteroatoms. The molecule has 0 bridgehead atoms. The quantitative estimate of drug-likeness (QED) is 0.272. The molecule has 4 aromatic rings. The van der Waals surface area contributed by atoms with E-state index in [4.69, 9.17) is 0 Å². The van der Waals surface area contributed by atoms with E-state index in [1.807, 2.05) is 0 Å². The lowest BCUT2D eigenvalue weighted by Crippen LogP contribution is -2.56. The maximum absolute atomic E-state index is 14.3. The number of imidazole rings is 1. The monoisotopic (exact) mass is 505 g/mol. The average Bonchev–Trinajstić information content (AvgIpc) is 3.30. The molecular weight excluding hydrogens is 488 g/mol. The van der Waals surface area contributed by atoms with Crippen LogP contribution in [0.2, 0.25) is 0 Å². The fourth-order valence-electron chi connectivity index (χ4n) is 4.97. The highest BCUT2D eigenvalue weighted by Crippen LogP contribution is 2.56. The van der Waals surface area contributed by atoms with E-state index in [0.717, 1.165) is 30.6 Å². The van der Waals surface area contributed by atoms with E-state index in [1.165, 1.54) is 23.4 Å². The van der Waals surface area contributed by atoms with Crippen molar-refractivity contribution in [2.24, 2.45) is 11.8 Å². The number of benzene rings is 2. The van der Waals surface area contributed by atoms with Crippen molar-refractivity contribution in [3.05, 3.63) is 66.2 Å². The zero-order chi connectivity index (χ0) is 25.4. The van der Waals surface area contributed by atoms with Gasteiger partial charge in [0.1, 0.15) is 0 Å². The van der Waals surface area contributed by atoms with Crippen LogP contribution in [-0.2, 0) is 17.3 Å². The number of aromatic amines is 1. The first-order chi connectivity index (χ1) is 17.0. The molecule has 0 unspecified atom stereocenters. The van der Waals surface area contributed by atoms with E-state index >= 15 is 0 Å². The van der Waals surface area contributed by atoms with Gasteiger partial charge in [0.2, 0.25) is 5.91 Å². The van der Waals surface area contributed by atoms with E-state index in [0.29, 0.717) is 17.4 Å². The summed E-state index contributed by atoms with van der Waals surface area (Å²) in [5, 5.41) is 3.22. The first kappa shape index (κ1) is 22.6. The second-order valence-corrected chi connectivity index (χ2v) is 9.06. The van der Waals surface area contributed by atoms with Crippen molar-refractivity contribution in [3.8, 4) is 11.1 Å². The topological polar surface area (TPSA) is 66.8 Å². The van der Waals surface area contributed by atoms with Crippen molar-refractivity contribution in [2.75, 3.05) is 4.90 Å². The summed E-state index contributed by atoms with van der Waals surface area (Å²) in [4.78, 5) is 21.6. The van der Waals surface area contributed by atoms with Gasteiger partial charge in [0.15, 0.2) is 0 Å². The second-order valence-electron chi connectivity index (χ2n) is 9.06. The molecule has 1 amide bonds. The van der Waals surface area contributed by atoms with Gasteiger partial charge in [0.05, 0.1) is 41.1 Å². The Hall–Kier alpha value is -3.83. The number of aromatic nitrogens is 4. The molecule has 2 aliphatic rings. The van der Waals surface area contributed by atoms with Crippen molar-refractivity contribution in [1.82, 2.24) is 19.7 Å². The SMILES string of the molecule is O=C1[C@H](C2CC2)[C@H](c2ccc(-c3cnn(C(F)(F)F)c3)cc2C(F)(F)F)N1c1ccc2[nH]cnc2c1. The third-order valence-electron chi connectivity index (χ3n) is 6.81. The van der Waals surface area contributed by atoms with Crippen LogP contribution in [0.15, 0.2) is 55.1 Å². The molecule has 1 N–H and O–H groups in total. The minimum atomic E-state index is -4.80. The van der Waals surface area contributed by atoms with Crippen molar-refractivity contribution in [3.63, 3.8) is 0 Å². The number of fused-ring (bicyclic) bond motifs is 1. The lowest BCUT2D eigenvalue weighted by molar-refractivity contribution is -0.212. The number of carbonyl (C=O) groups excluding carboxylic acids is 1. The van der Waals surface area contributed by atoms with Crippen LogP contribution in [0.25, 0.3) is 22.2 Å². The van der Waals surface area contributed by atoms with Crippen LogP contribution >= 0.6 is 0 Å². The molecule has 0 radical (unpaired) electrons. The molecule has 3 heterocycles. The Morgan fingerprint density at radius 2 is 1.75 bits per heavy atom. The van der Waals surface area contributed by atoms with E-state index in [9.17, 15) is 31.1 Å². The van der Waals surface area contributed by atoms with Gasteiger partial charge in [-0.2, -0.15) is 23.0 Å². The standard InChI is InChI=1S/C24H17F6N5O/c25-23(26,27)17-7-13(14-9-33-34(10-14)24(28,29)30)3-5-16(17)21-20(12-1-2-12)22(36)35(21)15-4-6-18-19(8-15)32-11-31-18/h3-12,20-21H,1-2H2,(H,31,32)/t20-,21+/m1/s1. The van der Waals surface area contributed by atoms with Crippen LogP contribution in [-0.4, -0.2) is 25.7 Å². The van der Waals surface area contributed by atoms with Gasteiger partial charge in [-0.3, -0.25) is 4.79 Å². The van der Waals surface area contributed by atoms with E-state index in [-0.39, 0.29) is 33.2 Å². The Labute approximate surface area is 199 Å². The first-order valence-corrected chi connectivity index (χ1v) is 11.1. The van der Waals surface area contributed by atoms with Crippen molar-refractivity contribution >= 4 is 22.6 Å². The summed E-state index contributed by atoms with van der Waals surface area (Å²) in [5.74, 6) is -0.848. The van der Waals surface area contributed by atoms with Crippen LogP contribution in [0.3, 0.4) is 0 Å². The third-order valence-corrected chi connectivity index (χ3v) is 6.81. The van der Waals surface area contributed by atoms with Gasteiger partial charge in [-0.05, 0) is 54.2 Å². The second kappa shape index (κ2) is 7.58. The number of β-lactam (4-membered cyclic amide) rings is 1. The number of halogens is 6. The third kappa shape index (κ3) is 3.62.